The van der Waals surface area contributed by atoms with Crippen molar-refractivity contribution < 1.29 is 17.9 Å². The maximum absolute atomic E-state index is 10.9. The van der Waals surface area contributed by atoms with Gasteiger partial charge >= 0.3 is 0 Å². The number of hydrogen-bond donors (Lipinski definition) is 0. The lowest BCUT2D eigenvalue weighted by atomic mass is 10.2. The third-order valence-corrected chi connectivity index (χ3v) is 3.16. The average Bonchev–Trinajstić information content (AvgIpc) is 2.39. The van der Waals surface area contributed by atoms with E-state index in [-0.39, 0.29) is 5.75 Å². The molecular formula is C10H11ClO4S. The lowest BCUT2D eigenvalue weighted by Crippen LogP contribution is -1.98. The molecule has 0 radical (unpaired) electrons. The van der Waals surface area contributed by atoms with E-state index in [1.807, 2.05) is 0 Å². The summed E-state index contributed by atoms with van der Waals surface area (Å²) in [5.74, 6) is 1.02. The molecule has 1 aliphatic rings. The fourth-order valence-electron chi connectivity index (χ4n) is 1.50. The number of ether oxygens (including phenoxy) is 2. The van der Waals surface area contributed by atoms with Crippen molar-refractivity contribution in [3.8, 4) is 11.5 Å². The van der Waals surface area contributed by atoms with Gasteiger partial charge in [0.05, 0.1) is 19.0 Å². The van der Waals surface area contributed by atoms with Gasteiger partial charge in [0.2, 0.25) is 9.05 Å². The van der Waals surface area contributed by atoms with Crippen molar-refractivity contribution in [2.75, 3.05) is 13.2 Å². The lowest BCUT2D eigenvalue weighted by molar-refractivity contribution is 0.297. The van der Waals surface area contributed by atoms with Crippen LogP contribution in [0.25, 0.3) is 0 Å². The van der Waals surface area contributed by atoms with E-state index in [9.17, 15) is 8.42 Å². The molecule has 0 aromatic heterocycles. The highest BCUT2D eigenvalue weighted by molar-refractivity contribution is 8.13. The van der Waals surface area contributed by atoms with Crippen LogP contribution in [-0.4, -0.2) is 21.6 Å². The Morgan fingerprint density at radius 1 is 1.19 bits per heavy atom. The van der Waals surface area contributed by atoms with E-state index >= 15 is 0 Å². The van der Waals surface area contributed by atoms with E-state index in [0.29, 0.717) is 30.3 Å². The molecule has 0 spiro atoms. The molecule has 4 nitrogen and oxygen atoms in total. The van der Waals surface area contributed by atoms with E-state index < -0.39 is 9.05 Å². The Kier molecular flexibility index (Phi) is 3.25. The number of halogens is 1. The molecule has 88 valence electrons. The SMILES string of the molecule is O=S(=O)(Cl)Cc1ccc2c(c1)OCCCO2. The number of rotatable bonds is 2. The minimum Gasteiger partial charge on any atom is -0.490 e. The van der Waals surface area contributed by atoms with Crippen molar-refractivity contribution in [1.82, 2.24) is 0 Å². The summed E-state index contributed by atoms with van der Waals surface area (Å²) in [6.07, 6.45) is 0.817. The normalized spacial score (nSPS) is 15.6. The molecule has 0 aliphatic carbocycles. The summed E-state index contributed by atoms with van der Waals surface area (Å²) in [5.41, 5.74) is 0.597. The minimum absolute atomic E-state index is 0.203. The fraction of sp³-hybridized carbons (Fsp3) is 0.400. The zero-order valence-electron chi connectivity index (χ0n) is 8.48. The highest BCUT2D eigenvalue weighted by Crippen LogP contribution is 2.31. The first-order valence-corrected chi connectivity index (χ1v) is 7.33. The minimum atomic E-state index is -3.54. The molecule has 0 saturated heterocycles. The van der Waals surface area contributed by atoms with Crippen LogP contribution in [0.3, 0.4) is 0 Å². The van der Waals surface area contributed by atoms with Crippen LogP contribution >= 0.6 is 10.7 Å². The highest BCUT2D eigenvalue weighted by atomic mass is 35.7. The van der Waals surface area contributed by atoms with Crippen LogP contribution in [0.15, 0.2) is 18.2 Å². The zero-order chi connectivity index (χ0) is 11.6. The fourth-order valence-corrected chi connectivity index (χ4v) is 2.45. The van der Waals surface area contributed by atoms with Crippen molar-refractivity contribution in [3.05, 3.63) is 23.8 Å². The van der Waals surface area contributed by atoms with Crippen LogP contribution in [0.2, 0.25) is 0 Å². The Hall–Kier alpha value is -0.940. The first-order chi connectivity index (χ1) is 7.54. The van der Waals surface area contributed by atoms with E-state index in [1.54, 1.807) is 18.2 Å². The van der Waals surface area contributed by atoms with Crippen molar-refractivity contribution in [2.45, 2.75) is 12.2 Å². The van der Waals surface area contributed by atoms with E-state index in [1.165, 1.54) is 0 Å². The molecule has 1 heterocycles. The molecule has 2 rings (SSSR count). The summed E-state index contributed by atoms with van der Waals surface area (Å²) >= 11 is 0. The lowest BCUT2D eigenvalue weighted by Gasteiger charge is -2.08. The molecule has 1 aromatic rings. The van der Waals surface area contributed by atoms with E-state index in [0.717, 1.165) is 6.42 Å². The summed E-state index contributed by atoms with van der Waals surface area (Å²) in [4.78, 5) is 0. The quantitative estimate of drug-likeness (QED) is 0.764. The Morgan fingerprint density at radius 3 is 2.56 bits per heavy atom. The smallest absolute Gasteiger partial charge is 0.236 e. The molecule has 1 aliphatic heterocycles. The van der Waals surface area contributed by atoms with Gasteiger partial charge in [-0.15, -0.1) is 0 Å². The van der Waals surface area contributed by atoms with Gasteiger partial charge in [0.1, 0.15) is 0 Å². The number of benzene rings is 1. The van der Waals surface area contributed by atoms with E-state index in [4.69, 9.17) is 20.2 Å². The van der Waals surface area contributed by atoms with Gasteiger partial charge in [0.15, 0.2) is 11.5 Å². The highest BCUT2D eigenvalue weighted by Gasteiger charge is 2.13. The Bertz CT molecular complexity index is 484. The molecule has 0 bridgehead atoms. The second-order valence-electron chi connectivity index (χ2n) is 3.51. The van der Waals surface area contributed by atoms with Crippen molar-refractivity contribution in [1.29, 1.82) is 0 Å². The van der Waals surface area contributed by atoms with Gasteiger partial charge in [-0.3, -0.25) is 0 Å². The summed E-state index contributed by atoms with van der Waals surface area (Å²) in [5, 5.41) is 0. The van der Waals surface area contributed by atoms with Gasteiger partial charge in [-0.2, -0.15) is 0 Å². The molecule has 0 atom stereocenters. The molecule has 0 amide bonds. The summed E-state index contributed by atoms with van der Waals surface area (Å²) in [7, 11) is 1.65. The van der Waals surface area contributed by atoms with Gasteiger partial charge < -0.3 is 9.47 Å². The van der Waals surface area contributed by atoms with Crippen molar-refractivity contribution in [2.24, 2.45) is 0 Å². The largest absolute Gasteiger partial charge is 0.490 e. The topological polar surface area (TPSA) is 52.6 Å². The van der Waals surface area contributed by atoms with Gasteiger partial charge in [-0.1, -0.05) is 6.07 Å². The van der Waals surface area contributed by atoms with Gasteiger partial charge in [0, 0.05) is 17.1 Å². The third-order valence-electron chi connectivity index (χ3n) is 2.15. The second kappa shape index (κ2) is 4.51. The maximum atomic E-state index is 10.9. The van der Waals surface area contributed by atoms with Crippen LogP contribution in [0.5, 0.6) is 11.5 Å². The molecule has 16 heavy (non-hydrogen) atoms. The van der Waals surface area contributed by atoms with Gasteiger partial charge in [0.25, 0.3) is 0 Å². The summed E-state index contributed by atoms with van der Waals surface area (Å²) in [6.45, 7) is 1.18. The molecule has 1 aromatic carbocycles. The van der Waals surface area contributed by atoms with Crippen molar-refractivity contribution >= 4 is 19.7 Å². The molecule has 0 N–H and O–H groups in total. The molecule has 6 heteroatoms. The van der Waals surface area contributed by atoms with Crippen LogP contribution in [-0.2, 0) is 14.8 Å². The zero-order valence-corrected chi connectivity index (χ0v) is 10.1. The van der Waals surface area contributed by atoms with Gasteiger partial charge in [-0.05, 0) is 17.7 Å². The summed E-state index contributed by atoms with van der Waals surface area (Å²) in [6, 6.07) is 5.03. The van der Waals surface area contributed by atoms with Gasteiger partial charge in [-0.25, -0.2) is 8.42 Å². The second-order valence-corrected chi connectivity index (χ2v) is 6.29. The maximum Gasteiger partial charge on any atom is 0.236 e. The van der Waals surface area contributed by atoms with Crippen LogP contribution in [0.4, 0.5) is 0 Å². The van der Waals surface area contributed by atoms with Crippen LogP contribution in [0.1, 0.15) is 12.0 Å². The molecular weight excluding hydrogens is 252 g/mol. The predicted octanol–water partition coefficient (Wildman–Crippen LogP) is 1.92. The Morgan fingerprint density at radius 2 is 1.88 bits per heavy atom. The summed E-state index contributed by atoms with van der Waals surface area (Å²) < 4.78 is 32.7. The predicted molar refractivity (Wildman–Crippen MR) is 60.5 cm³/mol. The standard InChI is InChI=1S/C10H11ClO4S/c11-16(12,13)7-8-2-3-9-10(6-8)15-5-1-4-14-9/h2-3,6H,1,4-5,7H2. The monoisotopic (exact) mass is 262 g/mol. The molecule has 0 fully saturated rings. The average molecular weight is 263 g/mol. The Balaban J connectivity index is 2.27. The first kappa shape index (κ1) is 11.5. The van der Waals surface area contributed by atoms with Crippen LogP contribution < -0.4 is 9.47 Å². The molecule has 0 saturated carbocycles. The third kappa shape index (κ3) is 3.02. The number of fused-ring (bicyclic) bond motifs is 1. The number of hydrogen-bond acceptors (Lipinski definition) is 4. The Labute approximate surface area is 98.5 Å². The van der Waals surface area contributed by atoms with E-state index in [2.05, 4.69) is 0 Å². The molecule has 0 unspecified atom stereocenters. The van der Waals surface area contributed by atoms with Crippen LogP contribution in [0, 0.1) is 0 Å². The van der Waals surface area contributed by atoms with Crippen molar-refractivity contribution in [3.63, 3.8) is 0 Å². The first-order valence-electron chi connectivity index (χ1n) is 4.85.